The van der Waals surface area contributed by atoms with Crippen LogP contribution in [0.5, 0.6) is 0 Å². The van der Waals surface area contributed by atoms with Crippen molar-refractivity contribution in [1.82, 2.24) is 9.97 Å². The van der Waals surface area contributed by atoms with Gasteiger partial charge in [-0.2, -0.15) is 0 Å². The van der Waals surface area contributed by atoms with Crippen LogP contribution in [0.1, 0.15) is 28.5 Å². The molecule has 0 saturated heterocycles. The van der Waals surface area contributed by atoms with Crippen LogP contribution in [0.3, 0.4) is 0 Å². The lowest BCUT2D eigenvalue weighted by Gasteiger charge is -2.03. The Morgan fingerprint density at radius 1 is 1.00 bits per heavy atom. The highest BCUT2D eigenvalue weighted by Crippen LogP contribution is 2.27. The second-order valence-electron chi connectivity index (χ2n) is 6.00. The van der Waals surface area contributed by atoms with Crippen LogP contribution in [0.25, 0.3) is 21.8 Å². The molecular formula is C21H18N2O2. The van der Waals surface area contributed by atoms with E-state index >= 15 is 0 Å². The molecule has 0 radical (unpaired) electrons. The molecule has 0 spiro atoms. The Kier molecular flexibility index (Phi) is 3.94. The number of hydrogen-bond acceptors (Lipinski definition) is 3. The molecule has 25 heavy (non-hydrogen) atoms. The fraction of sp³-hybridized carbons (Fsp3) is 0.143. The summed E-state index contributed by atoms with van der Waals surface area (Å²) in [7, 11) is 0. The van der Waals surface area contributed by atoms with E-state index in [1.165, 1.54) is 11.1 Å². The third-order valence-electron chi connectivity index (χ3n) is 4.28. The maximum Gasteiger partial charge on any atom is 0.356 e. The Labute approximate surface area is 145 Å². The smallest absolute Gasteiger partial charge is 0.356 e. The Balaban J connectivity index is 1.78. The van der Waals surface area contributed by atoms with Gasteiger partial charge in [0.25, 0.3) is 0 Å². The first kappa shape index (κ1) is 15.4. The quantitative estimate of drug-likeness (QED) is 0.561. The van der Waals surface area contributed by atoms with Crippen LogP contribution in [0.2, 0.25) is 0 Å². The lowest BCUT2D eigenvalue weighted by Crippen LogP contribution is -2.06. The summed E-state index contributed by atoms with van der Waals surface area (Å²) in [5.74, 6) is -0.390. The maximum absolute atomic E-state index is 12.0. The van der Waals surface area contributed by atoms with Crippen LogP contribution in [-0.4, -0.2) is 22.5 Å². The van der Waals surface area contributed by atoms with Gasteiger partial charge in [-0.25, -0.2) is 9.78 Å². The predicted octanol–water partition coefficient (Wildman–Crippen LogP) is 4.48. The normalized spacial score (nSPS) is 11.1. The van der Waals surface area contributed by atoms with Crippen LogP contribution >= 0.6 is 0 Å². The lowest BCUT2D eigenvalue weighted by molar-refractivity contribution is 0.0520. The van der Waals surface area contributed by atoms with Gasteiger partial charge in [0.15, 0.2) is 0 Å². The number of aromatic nitrogens is 2. The molecule has 2 aromatic heterocycles. The van der Waals surface area contributed by atoms with E-state index in [1.807, 2.05) is 6.07 Å². The fourth-order valence-corrected chi connectivity index (χ4v) is 3.10. The van der Waals surface area contributed by atoms with Crippen molar-refractivity contribution < 1.29 is 9.53 Å². The summed E-state index contributed by atoms with van der Waals surface area (Å²) in [6, 6.07) is 18.6. The van der Waals surface area contributed by atoms with Crippen molar-refractivity contribution in [1.29, 1.82) is 0 Å². The molecule has 0 fully saturated rings. The minimum Gasteiger partial charge on any atom is -0.461 e. The number of H-pyrrole nitrogens is 1. The summed E-state index contributed by atoms with van der Waals surface area (Å²) >= 11 is 0. The molecule has 4 nitrogen and oxygen atoms in total. The molecule has 4 aromatic rings. The number of pyridine rings is 1. The molecule has 0 amide bonds. The summed E-state index contributed by atoms with van der Waals surface area (Å²) in [5, 5.41) is 2.08. The van der Waals surface area contributed by atoms with Crippen LogP contribution in [-0.2, 0) is 11.2 Å². The fourth-order valence-electron chi connectivity index (χ4n) is 3.10. The van der Waals surface area contributed by atoms with E-state index < -0.39 is 0 Å². The van der Waals surface area contributed by atoms with E-state index in [0.717, 1.165) is 28.2 Å². The monoisotopic (exact) mass is 330 g/mol. The van der Waals surface area contributed by atoms with Gasteiger partial charge < -0.3 is 9.72 Å². The highest BCUT2D eigenvalue weighted by atomic mass is 16.5. The van der Waals surface area contributed by atoms with Gasteiger partial charge in [0, 0.05) is 16.3 Å². The van der Waals surface area contributed by atoms with Crippen molar-refractivity contribution in [3.8, 4) is 0 Å². The lowest BCUT2D eigenvalue weighted by atomic mass is 10.0. The molecule has 0 bridgehead atoms. The number of carbonyl (C=O) groups is 1. The van der Waals surface area contributed by atoms with Gasteiger partial charge in [-0.1, -0.05) is 36.4 Å². The standard InChI is InChI=1S/C21H18N2O2/c1-2-25-21(24)19-12-17-16-11-15(10-14-6-4-3-5-7-14)8-9-18(16)23-20(17)13-22-19/h3-9,11-13,23H,2,10H2,1H3. The topological polar surface area (TPSA) is 55.0 Å². The number of nitrogens with zero attached hydrogens (tertiary/aromatic N) is 1. The van der Waals surface area contributed by atoms with Crippen LogP contribution < -0.4 is 0 Å². The zero-order chi connectivity index (χ0) is 17.2. The average molecular weight is 330 g/mol. The number of nitrogens with one attached hydrogen (secondary N) is 1. The van der Waals surface area contributed by atoms with Gasteiger partial charge in [0.1, 0.15) is 5.69 Å². The number of benzene rings is 2. The first-order valence-corrected chi connectivity index (χ1v) is 8.36. The molecular weight excluding hydrogens is 312 g/mol. The molecule has 2 aromatic carbocycles. The average Bonchev–Trinajstić information content (AvgIpc) is 3.00. The molecule has 0 unspecified atom stereocenters. The minimum atomic E-state index is -0.390. The van der Waals surface area contributed by atoms with Crippen molar-refractivity contribution in [2.45, 2.75) is 13.3 Å². The first-order chi connectivity index (χ1) is 12.2. The number of esters is 1. The third-order valence-corrected chi connectivity index (χ3v) is 4.28. The second kappa shape index (κ2) is 6.40. The van der Waals surface area contributed by atoms with Gasteiger partial charge >= 0.3 is 5.97 Å². The summed E-state index contributed by atoms with van der Waals surface area (Å²) in [4.78, 5) is 19.5. The van der Waals surface area contributed by atoms with Gasteiger partial charge in [0.2, 0.25) is 0 Å². The van der Waals surface area contributed by atoms with Gasteiger partial charge in [-0.3, -0.25) is 0 Å². The molecule has 0 saturated carbocycles. The van der Waals surface area contributed by atoms with Crippen molar-refractivity contribution in [2.24, 2.45) is 0 Å². The Morgan fingerprint density at radius 3 is 2.60 bits per heavy atom. The number of ether oxygens (including phenoxy) is 1. The molecule has 0 atom stereocenters. The number of aromatic amines is 1. The summed E-state index contributed by atoms with van der Waals surface area (Å²) < 4.78 is 5.06. The van der Waals surface area contributed by atoms with Crippen molar-refractivity contribution in [3.05, 3.63) is 77.6 Å². The van der Waals surface area contributed by atoms with Crippen LogP contribution in [0.4, 0.5) is 0 Å². The molecule has 1 N–H and O–H groups in total. The van der Waals surface area contributed by atoms with Gasteiger partial charge in [-0.15, -0.1) is 0 Å². The molecule has 4 rings (SSSR count). The van der Waals surface area contributed by atoms with Crippen LogP contribution in [0, 0.1) is 0 Å². The van der Waals surface area contributed by atoms with E-state index in [0.29, 0.717) is 12.3 Å². The van der Waals surface area contributed by atoms with E-state index in [2.05, 4.69) is 52.4 Å². The number of fused-ring (bicyclic) bond motifs is 3. The molecule has 0 aliphatic carbocycles. The van der Waals surface area contributed by atoms with E-state index in [4.69, 9.17) is 4.74 Å². The van der Waals surface area contributed by atoms with Gasteiger partial charge in [-0.05, 0) is 42.7 Å². The Hall–Kier alpha value is -3.14. The second-order valence-corrected chi connectivity index (χ2v) is 6.00. The summed E-state index contributed by atoms with van der Waals surface area (Å²) in [5.41, 5.74) is 4.79. The number of rotatable bonds is 4. The first-order valence-electron chi connectivity index (χ1n) is 8.36. The molecule has 2 heterocycles. The molecule has 4 heteroatoms. The Morgan fingerprint density at radius 2 is 1.80 bits per heavy atom. The van der Waals surface area contributed by atoms with Crippen molar-refractivity contribution in [2.75, 3.05) is 6.61 Å². The molecule has 0 aliphatic heterocycles. The van der Waals surface area contributed by atoms with Gasteiger partial charge in [0.05, 0.1) is 18.3 Å². The van der Waals surface area contributed by atoms with Crippen molar-refractivity contribution in [3.63, 3.8) is 0 Å². The van der Waals surface area contributed by atoms with Crippen molar-refractivity contribution >= 4 is 27.8 Å². The largest absolute Gasteiger partial charge is 0.461 e. The van der Waals surface area contributed by atoms with Crippen LogP contribution in [0.15, 0.2) is 60.8 Å². The highest BCUT2D eigenvalue weighted by molar-refractivity contribution is 6.08. The number of carbonyl (C=O) groups excluding carboxylic acids is 1. The van der Waals surface area contributed by atoms with E-state index in [1.54, 1.807) is 19.2 Å². The minimum absolute atomic E-state index is 0.337. The predicted molar refractivity (Wildman–Crippen MR) is 98.8 cm³/mol. The number of hydrogen-bond donors (Lipinski definition) is 1. The zero-order valence-electron chi connectivity index (χ0n) is 14.0. The molecule has 0 aliphatic rings. The molecule has 124 valence electrons. The summed E-state index contributed by atoms with van der Waals surface area (Å²) in [6.07, 6.45) is 2.57. The SMILES string of the molecule is CCOC(=O)c1cc2c(cn1)[nH]c1ccc(Cc3ccccc3)cc12. The highest BCUT2D eigenvalue weighted by Gasteiger charge is 2.12. The Bertz CT molecular complexity index is 1050. The zero-order valence-corrected chi connectivity index (χ0v) is 14.0. The van der Waals surface area contributed by atoms with E-state index in [-0.39, 0.29) is 5.97 Å². The maximum atomic E-state index is 12.0. The van der Waals surface area contributed by atoms with E-state index in [9.17, 15) is 4.79 Å². The summed E-state index contributed by atoms with van der Waals surface area (Å²) in [6.45, 7) is 2.13. The third kappa shape index (κ3) is 2.98.